The maximum absolute atomic E-state index is 14.5. The minimum atomic E-state index is -0.439. The number of pyridine rings is 3. The van der Waals surface area contributed by atoms with Gasteiger partial charge in [0.05, 0.1) is 34.8 Å². The fourth-order valence-electron chi connectivity index (χ4n) is 4.65. The number of anilines is 1. The van der Waals surface area contributed by atoms with Crippen molar-refractivity contribution >= 4 is 16.7 Å². The van der Waals surface area contributed by atoms with Gasteiger partial charge >= 0.3 is 0 Å². The van der Waals surface area contributed by atoms with Crippen LogP contribution in [0.25, 0.3) is 11.0 Å². The number of halogens is 1. The van der Waals surface area contributed by atoms with Crippen LogP contribution in [0.2, 0.25) is 0 Å². The zero-order valence-electron chi connectivity index (χ0n) is 18.6. The minimum Gasteiger partial charge on any atom is -0.486 e. The lowest BCUT2D eigenvalue weighted by molar-refractivity contribution is 0.170. The van der Waals surface area contributed by atoms with E-state index in [1.54, 1.807) is 19.3 Å². The molecule has 0 aromatic carbocycles. The summed E-state index contributed by atoms with van der Waals surface area (Å²) in [4.78, 5) is 20.6. The van der Waals surface area contributed by atoms with Gasteiger partial charge in [-0.05, 0) is 37.7 Å². The SMILES string of the molecule is Cn1c(=O)ccc2ncc(F)c(NCC3CCC(NCc4cc5c(cn4)OCCO5)CC3)c21. The number of rotatable bonds is 6. The van der Waals surface area contributed by atoms with E-state index >= 15 is 0 Å². The van der Waals surface area contributed by atoms with Crippen molar-refractivity contribution in [3.63, 3.8) is 0 Å². The van der Waals surface area contributed by atoms with Crippen LogP contribution < -0.4 is 25.7 Å². The number of nitrogens with one attached hydrogen (secondary N) is 2. The van der Waals surface area contributed by atoms with E-state index in [1.807, 2.05) is 6.07 Å². The van der Waals surface area contributed by atoms with E-state index in [9.17, 15) is 9.18 Å². The molecule has 0 atom stereocenters. The van der Waals surface area contributed by atoms with Crippen molar-refractivity contribution in [2.24, 2.45) is 13.0 Å². The number of fused-ring (bicyclic) bond motifs is 2. The van der Waals surface area contributed by atoms with E-state index < -0.39 is 5.82 Å². The number of aromatic nitrogens is 3. The fourth-order valence-corrected chi connectivity index (χ4v) is 4.65. The first kappa shape index (κ1) is 21.6. The van der Waals surface area contributed by atoms with E-state index in [0.29, 0.717) is 60.7 Å². The average Bonchev–Trinajstić information content (AvgIpc) is 2.85. The van der Waals surface area contributed by atoms with Crippen LogP contribution in [0.1, 0.15) is 31.4 Å². The lowest BCUT2D eigenvalue weighted by Gasteiger charge is -2.30. The molecule has 1 fully saturated rings. The third-order valence-corrected chi connectivity index (χ3v) is 6.56. The largest absolute Gasteiger partial charge is 0.486 e. The third kappa shape index (κ3) is 4.64. The Morgan fingerprint density at radius 2 is 1.88 bits per heavy atom. The molecule has 0 unspecified atom stereocenters. The van der Waals surface area contributed by atoms with E-state index in [0.717, 1.165) is 37.1 Å². The maximum atomic E-state index is 14.5. The Hall–Kier alpha value is -3.20. The summed E-state index contributed by atoms with van der Waals surface area (Å²) >= 11 is 0. The second kappa shape index (κ2) is 9.35. The van der Waals surface area contributed by atoms with Crippen molar-refractivity contribution in [1.29, 1.82) is 0 Å². The van der Waals surface area contributed by atoms with Crippen molar-refractivity contribution in [1.82, 2.24) is 19.9 Å². The molecule has 0 spiro atoms. The molecule has 1 aliphatic heterocycles. The zero-order chi connectivity index (χ0) is 22.8. The summed E-state index contributed by atoms with van der Waals surface area (Å²) < 4.78 is 27.1. The molecule has 33 heavy (non-hydrogen) atoms. The molecular weight excluding hydrogens is 425 g/mol. The summed E-state index contributed by atoms with van der Waals surface area (Å²) in [7, 11) is 1.64. The molecular formula is C24H28FN5O3. The lowest BCUT2D eigenvalue weighted by Crippen LogP contribution is -2.34. The van der Waals surface area contributed by atoms with Gasteiger partial charge in [0.15, 0.2) is 17.3 Å². The average molecular weight is 454 g/mol. The highest BCUT2D eigenvalue weighted by atomic mass is 19.1. The highest BCUT2D eigenvalue weighted by Crippen LogP contribution is 2.30. The summed E-state index contributed by atoms with van der Waals surface area (Å²) in [6, 6.07) is 5.45. The van der Waals surface area contributed by atoms with Gasteiger partial charge in [0, 0.05) is 38.3 Å². The Labute approximate surface area is 191 Å². The third-order valence-electron chi connectivity index (χ3n) is 6.56. The second-order valence-electron chi connectivity index (χ2n) is 8.74. The minimum absolute atomic E-state index is 0.183. The quantitative estimate of drug-likeness (QED) is 0.593. The van der Waals surface area contributed by atoms with Crippen LogP contribution in [0.4, 0.5) is 10.1 Å². The van der Waals surface area contributed by atoms with Crippen LogP contribution in [0, 0.1) is 11.7 Å². The van der Waals surface area contributed by atoms with Crippen molar-refractivity contribution < 1.29 is 13.9 Å². The monoisotopic (exact) mass is 453 g/mol. The predicted octanol–water partition coefficient (Wildman–Crippen LogP) is 3.00. The first-order valence-corrected chi connectivity index (χ1v) is 11.4. The molecule has 1 saturated carbocycles. The van der Waals surface area contributed by atoms with Crippen molar-refractivity contribution in [3.8, 4) is 11.5 Å². The normalized spacial score (nSPS) is 20.1. The molecule has 2 N–H and O–H groups in total. The van der Waals surface area contributed by atoms with Crippen molar-refractivity contribution in [3.05, 3.63) is 52.5 Å². The smallest absolute Gasteiger partial charge is 0.250 e. The van der Waals surface area contributed by atoms with Crippen molar-refractivity contribution in [2.75, 3.05) is 25.1 Å². The van der Waals surface area contributed by atoms with Gasteiger partial charge in [0.1, 0.15) is 13.2 Å². The molecule has 0 radical (unpaired) electrons. The predicted molar refractivity (Wildman–Crippen MR) is 123 cm³/mol. The van der Waals surface area contributed by atoms with E-state index in [2.05, 4.69) is 20.6 Å². The Kier molecular flexibility index (Phi) is 6.13. The maximum Gasteiger partial charge on any atom is 0.250 e. The van der Waals surface area contributed by atoms with Gasteiger partial charge in [0.2, 0.25) is 0 Å². The highest BCUT2D eigenvalue weighted by Gasteiger charge is 2.22. The molecule has 8 nitrogen and oxygen atoms in total. The van der Waals surface area contributed by atoms with E-state index in [4.69, 9.17) is 9.47 Å². The molecule has 9 heteroatoms. The summed E-state index contributed by atoms with van der Waals surface area (Å²) in [5.41, 5.74) is 2.21. The Balaban J connectivity index is 1.15. The summed E-state index contributed by atoms with van der Waals surface area (Å²) in [6.07, 6.45) is 7.13. The molecule has 4 heterocycles. The molecule has 2 aliphatic rings. The van der Waals surface area contributed by atoms with Crippen LogP contribution >= 0.6 is 0 Å². The molecule has 0 amide bonds. The summed E-state index contributed by atoms with van der Waals surface area (Å²) in [5, 5.41) is 6.86. The number of ether oxygens (including phenoxy) is 2. The van der Waals surface area contributed by atoms with Gasteiger partial charge < -0.3 is 24.7 Å². The molecule has 1 aliphatic carbocycles. The second-order valence-corrected chi connectivity index (χ2v) is 8.74. The lowest BCUT2D eigenvalue weighted by atomic mass is 9.86. The van der Waals surface area contributed by atoms with Crippen LogP contribution in [-0.4, -0.2) is 40.3 Å². The Morgan fingerprint density at radius 3 is 2.70 bits per heavy atom. The number of hydrogen-bond donors (Lipinski definition) is 2. The van der Waals surface area contributed by atoms with Crippen LogP contribution in [-0.2, 0) is 13.6 Å². The first-order valence-electron chi connectivity index (χ1n) is 11.4. The topological polar surface area (TPSA) is 90.3 Å². The van der Waals surface area contributed by atoms with Crippen LogP contribution in [0.15, 0.2) is 35.4 Å². The Morgan fingerprint density at radius 1 is 1.09 bits per heavy atom. The van der Waals surface area contributed by atoms with Crippen molar-refractivity contribution in [2.45, 2.75) is 38.3 Å². The number of nitrogens with zero attached hydrogens (tertiary/aromatic N) is 3. The number of aryl methyl sites for hydroxylation is 1. The summed E-state index contributed by atoms with van der Waals surface area (Å²) in [5.74, 6) is 1.47. The summed E-state index contributed by atoms with van der Waals surface area (Å²) in [6.45, 7) is 2.48. The van der Waals surface area contributed by atoms with Gasteiger partial charge in [-0.1, -0.05) is 0 Å². The first-order chi connectivity index (χ1) is 16.1. The van der Waals surface area contributed by atoms with Gasteiger partial charge in [-0.3, -0.25) is 14.8 Å². The molecule has 3 aromatic rings. The van der Waals surface area contributed by atoms with Crippen LogP contribution in [0.3, 0.4) is 0 Å². The molecule has 3 aromatic heterocycles. The Bertz CT molecular complexity index is 1210. The zero-order valence-corrected chi connectivity index (χ0v) is 18.6. The molecule has 5 rings (SSSR count). The van der Waals surface area contributed by atoms with Gasteiger partial charge in [0.25, 0.3) is 5.56 Å². The van der Waals surface area contributed by atoms with E-state index in [1.165, 1.54) is 16.8 Å². The van der Waals surface area contributed by atoms with Gasteiger partial charge in [-0.2, -0.15) is 0 Å². The molecule has 0 bridgehead atoms. The highest BCUT2D eigenvalue weighted by molar-refractivity contribution is 5.88. The number of hydrogen-bond acceptors (Lipinski definition) is 7. The van der Waals surface area contributed by atoms with Gasteiger partial charge in [-0.25, -0.2) is 4.39 Å². The standard InChI is InChI=1S/C24H28FN5O3/c1-30-22(31)7-6-19-24(30)23(18(25)13-28-19)29-11-15-2-4-16(5-3-15)26-12-17-10-20-21(14-27-17)33-9-8-32-20/h6-7,10,13-16,26H,2-5,8-9,11-12H2,1H3,(H,28,29). The molecule has 0 saturated heterocycles. The fraction of sp³-hybridized carbons (Fsp3) is 0.458. The van der Waals surface area contributed by atoms with Gasteiger partial charge in [-0.15, -0.1) is 0 Å². The van der Waals surface area contributed by atoms with E-state index in [-0.39, 0.29) is 5.56 Å². The molecule has 174 valence electrons. The van der Waals surface area contributed by atoms with Crippen LogP contribution in [0.5, 0.6) is 11.5 Å².